The first-order chi connectivity index (χ1) is 5.27. The Kier molecular flexibility index (Phi) is 1.34. The largest absolute Gasteiger partial charge is 0.399 e. The van der Waals surface area contributed by atoms with Gasteiger partial charge < -0.3 is 16.2 Å². The number of anilines is 1. The van der Waals surface area contributed by atoms with E-state index in [2.05, 4.69) is 0 Å². The van der Waals surface area contributed by atoms with E-state index in [0.717, 1.165) is 16.8 Å². The average molecular weight is 150 g/mol. The molecule has 3 heteroatoms. The number of nitrogens with two attached hydrogens (primary N) is 2. The van der Waals surface area contributed by atoms with Gasteiger partial charge in [-0.15, -0.1) is 0 Å². The van der Waals surface area contributed by atoms with Crippen LogP contribution in [0.25, 0.3) is 0 Å². The first kappa shape index (κ1) is 6.64. The number of ether oxygens (including phenoxy) is 1. The summed E-state index contributed by atoms with van der Waals surface area (Å²) in [4.78, 5) is 0. The van der Waals surface area contributed by atoms with Crippen LogP contribution >= 0.6 is 0 Å². The summed E-state index contributed by atoms with van der Waals surface area (Å²) in [5.74, 6) is 0. The molecule has 1 aliphatic heterocycles. The highest BCUT2D eigenvalue weighted by Crippen LogP contribution is 2.27. The molecule has 0 saturated carbocycles. The predicted octanol–water partition coefficient (Wildman–Crippen LogP) is 0.756. The van der Waals surface area contributed by atoms with Crippen molar-refractivity contribution in [3.05, 3.63) is 29.3 Å². The van der Waals surface area contributed by atoms with Crippen molar-refractivity contribution in [3.63, 3.8) is 0 Å². The molecule has 1 atom stereocenters. The van der Waals surface area contributed by atoms with E-state index in [1.807, 2.05) is 18.2 Å². The van der Waals surface area contributed by atoms with Gasteiger partial charge in [0.05, 0.1) is 6.61 Å². The van der Waals surface area contributed by atoms with Crippen molar-refractivity contribution in [2.24, 2.45) is 5.73 Å². The van der Waals surface area contributed by atoms with Crippen molar-refractivity contribution in [1.82, 2.24) is 0 Å². The Balaban J connectivity index is 2.52. The summed E-state index contributed by atoms with van der Waals surface area (Å²) in [6, 6.07) is 5.69. The second-order valence-corrected chi connectivity index (χ2v) is 2.69. The fourth-order valence-electron chi connectivity index (χ4n) is 1.28. The van der Waals surface area contributed by atoms with Gasteiger partial charge in [0.1, 0.15) is 6.23 Å². The number of benzene rings is 1. The van der Waals surface area contributed by atoms with Crippen LogP contribution in [0, 0.1) is 0 Å². The summed E-state index contributed by atoms with van der Waals surface area (Å²) in [5.41, 5.74) is 14.1. The summed E-state index contributed by atoms with van der Waals surface area (Å²) >= 11 is 0. The van der Waals surface area contributed by atoms with Gasteiger partial charge in [0.2, 0.25) is 0 Å². The van der Waals surface area contributed by atoms with Crippen LogP contribution in [0.1, 0.15) is 17.4 Å². The van der Waals surface area contributed by atoms with Crippen LogP contribution in [-0.4, -0.2) is 0 Å². The molecule has 11 heavy (non-hydrogen) atoms. The monoisotopic (exact) mass is 150 g/mol. The van der Waals surface area contributed by atoms with Crippen LogP contribution in [0.15, 0.2) is 18.2 Å². The molecule has 1 heterocycles. The zero-order valence-electron chi connectivity index (χ0n) is 6.08. The van der Waals surface area contributed by atoms with Crippen LogP contribution in [0.2, 0.25) is 0 Å². The van der Waals surface area contributed by atoms with E-state index < -0.39 is 0 Å². The minimum absolute atomic E-state index is 0.284. The Morgan fingerprint density at radius 1 is 1.45 bits per heavy atom. The Morgan fingerprint density at radius 3 is 3.09 bits per heavy atom. The van der Waals surface area contributed by atoms with E-state index in [4.69, 9.17) is 16.2 Å². The highest BCUT2D eigenvalue weighted by Gasteiger charge is 2.18. The maximum absolute atomic E-state index is 5.64. The summed E-state index contributed by atoms with van der Waals surface area (Å²) < 4.78 is 5.20. The van der Waals surface area contributed by atoms with E-state index >= 15 is 0 Å². The molecule has 58 valence electrons. The number of rotatable bonds is 0. The molecule has 0 saturated heterocycles. The van der Waals surface area contributed by atoms with Gasteiger partial charge in [-0.2, -0.15) is 0 Å². The summed E-state index contributed by atoms with van der Waals surface area (Å²) in [7, 11) is 0. The van der Waals surface area contributed by atoms with Crippen LogP contribution in [0.5, 0.6) is 0 Å². The highest BCUT2D eigenvalue weighted by molar-refractivity contribution is 5.46. The van der Waals surface area contributed by atoms with Crippen LogP contribution in [0.4, 0.5) is 5.69 Å². The van der Waals surface area contributed by atoms with Crippen molar-refractivity contribution < 1.29 is 4.74 Å². The zero-order chi connectivity index (χ0) is 7.84. The lowest BCUT2D eigenvalue weighted by atomic mass is 10.1. The molecule has 0 radical (unpaired) electrons. The average Bonchev–Trinajstić information content (AvgIpc) is 2.33. The van der Waals surface area contributed by atoms with Gasteiger partial charge in [0, 0.05) is 11.3 Å². The number of nitrogen functional groups attached to an aromatic ring is 1. The zero-order valence-corrected chi connectivity index (χ0v) is 6.08. The molecule has 0 spiro atoms. The fraction of sp³-hybridized carbons (Fsp3) is 0.250. The molecule has 0 fully saturated rings. The van der Waals surface area contributed by atoms with E-state index in [0.29, 0.717) is 6.61 Å². The molecular weight excluding hydrogens is 140 g/mol. The first-order valence-electron chi connectivity index (χ1n) is 3.53. The smallest absolute Gasteiger partial charge is 0.132 e. The molecular formula is C8H10N2O. The molecule has 0 aliphatic carbocycles. The Hall–Kier alpha value is -1.06. The second kappa shape index (κ2) is 2.22. The highest BCUT2D eigenvalue weighted by atomic mass is 16.5. The van der Waals surface area contributed by atoms with Crippen LogP contribution < -0.4 is 11.5 Å². The van der Waals surface area contributed by atoms with E-state index in [-0.39, 0.29) is 6.23 Å². The van der Waals surface area contributed by atoms with Crippen LogP contribution in [0.3, 0.4) is 0 Å². The van der Waals surface area contributed by atoms with Gasteiger partial charge in [-0.1, -0.05) is 6.07 Å². The number of hydrogen-bond donors (Lipinski definition) is 2. The Bertz CT molecular complexity index is 285. The van der Waals surface area contributed by atoms with Gasteiger partial charge in [0.25, 0.3) is 0 Å². The van der Waals surface area contributed by atoms with Gasteiger partial charge in [-0.3, -0.25) is 0 Å². The molecule has 1 aliphatic rings. The topological polar surface area (TPSA) is 61.3 Å². The maximum Gasteiger partial charge on any atom is 0.132 e. The number of fused-ring (bicyclic) bond motifs is 1. The lowest BCUT2D eigenvalue weighted by Crippen LogP contribution is -2.07. The molecule has 1 aromatic carbocycles. The molecule has 1 unspecified atom stereocenters. The van der Waals surface area contributed by atoms with E-state index in [1.165, 1.54) is 0 Å². The third-order valence-corrected chi connectivity index (χ3v) is 1.89. The fourth-order valence-corrected chi connectivity index (χ4v) is 1.28. The normalized spacial score (nSPS) is 21.7. The molecule has 0 amide bonds. The number of hydrogen-bond acceptors (Lipinski definition) is 3. The Labute approximate surface area is 64.9 Å². The van der Waals surface area contributed by atoms with Gasteiger partial charge >= 0.3 is 0 Å². The van der Waals surface area contributed by atoms with Crippen molar-refractivity contribution in [1.29, 1.82) is 0 Å². The van der Waals surface area contributed by atoms with Crippen molar-refractivity contribution >= 4 is 5.69 Å². The van der Waals surface area contributed by atoms with Crippen molar-refractivity contribution in [3.8, 4) is 0 Å². The third kappa shape index (κ3) is 0.982. The lowest BCUT2D eigenvalue weighted by Gasteiger charge is -2.03. The van der Waals surface area contributed by atoms with Gasteiger partial charge in [-0.05, 0) is 17.7 Å². The SMILES string of the molecule is Nc1ccc2c(c1)C(N)OC2. The van der Waals surface area contributed by atoms with E-state index in [9.17, 15) is 0 Å². The summed E-state index contributed by atoms with van der Waals surface area (Å²) in [6.45, 7) is 0.608. The van der Waals surface area contributed by atoms with Crippen molar-refractivity contribution in [2.75, 3.05) is 5.73 Å². The first-order valence-corrected chi connectivity index (χ1v) is 3.53. The van der Waals surface area contributed by atoms with Crippen LogP contribution in [-0.2, 0) is 11.3 Å². The summed E-state index contributed by atoms with van der Waals surface area (Å²) in [6.07, 6.45) is -0.284. The second-order valence-electron chi connectivity index (χ2n) is 2.69. The van der Waals surface area contributed by atoms with E-state index in [1.54, 1.807) is 0 Å². The Morgan fingerprint density at radius 2 is 2.27 bits per heavy atom. The molecule has 0 bridgehead atoms. The molecule has 0 aromatic heterocycles. The quantitative estimate of drug-likeness (QED) is 0.536. The molecule has 2 rings (SSSR count). The minimum Gasteiger partial charge on any atom is -0.399 e. The third-order valence-electron chi connectivity index (χ3n) is 1.89. The van der Waals surface area contributed by atoms with Gasteiger partial charge in [0.15, 0.2) is 0 Å². The molecule has 4 N–H and O–H groups in total. The predicted molar refractivity (Wildman–Crippen MR) is 42.6 cm³/mol. The summed E-state index contributed by atoms with van der Waals surface area (Å²) in [5, 5.41) is 0. The standard InChI is InChI=1S/C8H10N2O/c9-6-2-1-5-4-11-8(10)7(5)3-6/h1-3,8H,4,9-10H2. The van der Waals surface area contributed by atoms with Gasteiger partial charge in [-0.25, -0.2) is 0 Å². The lowest BCUT2D eigenvalue weighted by molar-refractivity contribution is 0.0710. The minimum atomic E-state index is -0.284. The maximum atomic E-state index is 5.64. The molecule has 1 aromatic rings. The van der Waals surface area contributed by atoms with Crippen molar-refractivity contribution in [2.45, 2.75) is 12.8 Å². The molecule has 3 nitrogen and oxygen atoms in total.